The summed E-state index contributed by atoms with van der Waals surface area (Å²) in [5.74, 6) is 0.211. The molecule has 1 aromatic heterocycles. The fourth-order valence-electron chi connectivity index (χ4n) is 5.26. The van der Waals surface area contributed by atoms with Crippen LogP contribution in [0.4, 0.5) is 5.69 Å². The Morgan fingerprint density at radius 2 is 1.79 bits per heavy atom. The van der Waals surface area contributed by atoms with E-state index in [1.807, 2.05) is 29.2 Å². The maximum Gasteiger partial charge on any atom is 0.337 e. The van der Waals surface area contributed by atoms with Crippen LogP contribution in [0.1, 0.15) is 56.1 Å². The standard InChI is InChI=1S/C27H29N3O4/c1-18-4-9-24-22(14-18)27(17-30(24)25(31)23-15-19(2)34-28-23)10-12-29(13-11-27)16-20-5-7-21(8-6-20)26(32)33-3/h4-9,14-15H,10-13,16-17H2,1-3H3. The largest absolute Gasteiger partial charge is 0.465 e. The number of amides is 1. The molecule has 34 heavy (non-hydrogen) atoms. The van der Waals surface area contributed by atoms with Gasteiger partial charge in [0.05, 0.1) is 12.7 Å². The summed E-state index contributed by atoms with van der Waals surface area (Å²) in [6, 6.07) is 15.7. The first-order chi connectivity index (χ1) is 16.4. The lowest BCUT2D eigenvalue weighted by Gasteiger charge is -2.40. The Bertz CT molecular complexity index is 1220. The molecule has 0 N–H and O–H groups in total. The normalized spacial score (nSPS) is 17.1. The van der Waals surface area contributed by atoms with E-state index in [1.165, 1.54) is 23.8 Å². The van der Waals surface area contributed by atoms with Gasteiger partial charge in [0.15, 0.2) is 5.69 Å². The number of piperidine rings is 1. The van der Waals surface area contributed by atoms with Crippen LogP contribution in [-0.4, -0.2) is 48.7 Å². The zero-order chi connectivity index (χ0) is 23.9. The van der Waals surface area contributed by atoms with Gasteiger partial charge in [0.25, 0.3) is 5.91 Å². The number of aromatic nitrogens is 1. The molecule has 3 heterocycles. The predicted molar refractivity (Wildman–Crippen MR) is 128 cm³/mol. The summed E-state index contributed by atoms with van der Waals surface area (Å²) < 4.78 is 9.94. The second kappa shape index (κ2) is 8.72. The van der Waals surface area contributed by atoms with Gasteiger partial charge >= 0.3 is 5.97 Å². The number of aryl methyl sites for hydroxylation is 2. The van der Waals surface area contributed by atoms with Crippen molar-refractivity contribution < 1.29 is 18.8 Å². The van der Waals surface area contributed by atoms with E-state index in [4.69, 9.17) is 9.26 Å². The fraction of sp³-hybridized carbons (Fsp3) is 0.370. The van der Waals surface area contributed by atoms with Gasteiger partial charge in [-0.1, -0.05) is 35.0 Å². The molecule has 0 saturated carbocycles. The Morgan fingerprint density at radius 3 is 2.44 bits per heavy atom. The second-order valence-corrected chi connectivity index (χ2v) is 9.48. The van der Waals surface area contributed by atoms with Crippen LogP contribution in [0.3, 0.4) is 0 Å². The Labute approximate surface area is 199 Å². The predicted octanol–water partition coefficient (Wildman–Crippen LogP) is 4.27. The number of methoxy groups -OCH3 is 1. The Kier molecular flexibility index (Phi) is 5.73. The van der Waals surface area contributed by atoms with E-state index >= 15 is 0 Å². The van der Waals surface area contributed by atoms with Crippen molar-refractivity contribution >= 4 is 17.6 Å². The summed E-state index contributed by atoms with van der Waals surface area (Å²) in [6.07, 6.45) is 1.96. The zero-order valence-electron chi connectivity index (χ0n) is 19.8. The van der Waals surface area contributed by atoms with Gasteiger partial charge in [0.2, 0.25) is 0 Å². The van der Waals surface area contributed by atoms with Crippen LogP contribution in [0.25, 0.3) is 0 Å². The van der Waals surface area contributed by atoms with E-state index in [0.29, 0.717) is 23.6 Å². The van der Waals surface area contributed by atoms with Crippen LogP contribution < -0.4 is 4.90 Å². The van der Waals surface area contributed by atoms with Crippen molar-refractivity contribution in [3.63, 3.8) is 0 Å². The van der Waals surface area contributed by atoms with Gasteiger partial charge in [0.1, 0.15) is 5.76 Å². The summed E-state index contributed by atoms with van der Waals surface area (Å²) >= 11 is 0. The number of carbonyl (C=O) groups excluding carboxylic acids is 2. The number of likely N-dealkylation sites (tertiary alicyclic amines) is 1. The summed E-state index contributed by atoms with van der Waals surface area (Å²) in [5, 5.41) is 3.96. The van der Waals surface area contributed by atoms with E-state index in [9.17, 15) is 9.59 Å². The van der Waals surface area contributed by atoms with E-state index in [-0.39, 0.29) is 17.3 Å². The molecule has 2 aliphatic rings. The number of anilines is 1. The lowest BCUT2D eigenvalue weighted by Crippen LogP contribution is -2.45. The Hall–Kier alpha value is -3.45. The molecule has 0 atom stereocenters. The molecule has 3 aromatic rings. The molecule has 2 aliphatic heterocycles. The topological polar surface area (TPSA) is 75.9 Å². The van der Waals surface area contributed by atoms with Crippen molar-refractivity contribution in [3.05, 3.63) is 82.2 Å². The molecule has 0 radical (unpaired) electrons. The highest BCUT2D eigenvalue weighted by Crippen LogP contribution is 2.48. The van der Waals surface area contributed by atoms with E-state index < -0.39 is 0 Å². The molecule has 1 fully saturated rings. The van der Waals surface area contributed by atoms with Gasteiger partial charge in [-0.25, -0.2) is 4.79 Å². The first-order valence-electron chi connectivity index (χ1n) is 11.6. The third-order valence-corrected chi connectivity index (χ3v) is 7.16. The molecule has 0 bridgehead atoms. The van der Waals surface area contributed by atoms with Crippen LogP contribution in [0.15, 0.2) is 53.1 Å². The lowest BCUT2D eigenvalue weighted by atomic mass is 9.74. The number of nitrogens with zero attached hydrogens (tertiary/aromatic N) is 3. The highest BCUT2D eigenvalue weighted by Gasteiger charge is 2.46. The molecule has 7 heteroatoms. The van der Waals surface area contributed by atoms with Crippen LogP contribution in [0.2, 0.25) is 0 Å². The third-order valence-electron chi connectivity index (χ3n) is 7.16. The quantitative estimate of drug-likeness (QED) is 0.543. The van der Waals surface area contributed by atoms with Gasteiger partial charge in [-0.15, -0.1) is 0 Å². The number of carbonyl (C=O) groups is 2. The molecule has 5 rings (SSSR count). The van der Waals surface area contributed by atoms with Gasteiger partial charge in [0, 0.05) is 30.3 Å². The van der Waals surface area contributed by atoms with Crippen LogP contribution in [-0.2, 0) is 16.7 Å². The number of hydrogen-bond acceptors (Lipinski definition) is 6. The molecule has 1 amide bonds. The Morgan fingerprint density at radius 1 is 1.06 bits per heavy atom. The highest BCUT2D eigenvalue weighted by molar-refractivity contribution is 6.06. The van der Waals surface area contributed by atoms with Gasteiger partial charge < -0.3 is 14.2 Å². The SMILES string of the molecule is COC(=O)c1ccc(CN2CCC3(CC2)CN(C(=O)c2cc(C)on2)c2ccc(C)cc23)cc1. The summed E-state index contributed by atoms with van der Waals surface area (Å²) in [6.45, 7) is 7.28. The van der Waals surface area contributed by atoms with Crippen molar-refractivity contribution in [1.82, 2.24) is 10.1 Å². The summed E-state index contributed by atoms with van der Waals surface area (Å²) in [4.78, 5) is 29.3. The highest BCUT2D eigenvalue weighted by atomic mass is 16.5. The van der Waals surface area contributed by atoms with Crippen LogP contribution >= 0.6 is 0 Å². The molecule has 0 unspecified atom stereocenters. The van der Waals surface area contributed by atoms with Crippen LogP contribution in [0, 0.1) is 13.8 Å². The molecule has 0 aliphatic carbocycles. The molecule has 7 nitrogen and oxygen atoms in total. The first-order valence-corrected chi connectivity index (χ1v) is 11.6. The maximum atomic E-state index is 13.3. The average Bonchev–Trinajstić information content (AvgIpc) is 3.42. The Balaban J connectivity index is 1.32. The minimum atomic E-state index is -0.318. The fourth-order valence-corrected chi connectivity index (χ4v) is 5.26. The number of benzene rings is 2. The molecule has 1 saturated heterocycles. The molecular formula is C27H29N3O4. The number of hydrogen-bond donors (Lipinski definition) is 0. The minimum absolute atomic E-state index is 0.0545. The number of esters is 1. The van der Waals surface area contributed by atoms with E-state index in [2.05, 4.69) is 35.2 Å². The van der Waals surface area contributed by atoms with Crippen molar-refractivity contribution in [3.8, 4) is 0 Å². The number of fused-ring (bicyclic) bond motifs is 2. The first kappa shape index (κ1) is 22.3. The van der Waals surface area contributed by atoms with Crippen LogP contribution in [0.5, 0.6) is 0 Å². The van der Waals surface area contributed by atoms with Gasteiger partial charge in [-0.2, -0.15) is 0 Å². The summed E-state index contributed by atoms with van der Waals surface area (Å²) in [5.41, 5.74) is 5.50. The van der Waals surface area contributed by atoms with Gasteiger partial charge in [-0.05, 0) is 69.1 Å². The average molecular weight is 460 g/mol. The molecule has 2 aromatic carbocycles. The van der Waals surface area contributed by atoms with Crippen molar-refractivity contribution in [2.24, 2.45) is 0 Å². The van der Waals surface area contributed by atoms with Gasteiger partial charge in [-0.3, -0.25) is 9.69 Å². The van der Waals surface area contributed by atoms with Crippen molar-refractivity contribution in [2.75, 3.05) is 31.6 Å². The van der Waals surface area contributed by atoms with E-state index in [1.54, 1.807) is 13.0 Å². The monoisotopic (exact) mass is 459 g/mol. The molecule has 176 valence electrons. The lowest BCUT2D eigenvalue weighted by molar-refractivity contribution is 0.0600. The smallest absolute Gasteiger partial charge is 0.337 e. The number of ether oxygens (including phenoxy) is 1. The van der Waals surface area contributed by atoms with E-state index in [0.717, 1.165) is 38.2 Å². The zero-order valence-corrected chi connectivity index (χ0v) is 19.8. The van der Waals surface area contributed by atoms with Crippen molar-refractivity contribution in [2.45, 2.75) is 38.6 Å². The molecule has 1 spiro atoms. The molecular weight excluding hydrogens is 430 g/mol. The summed E-state index contributed by atoms with van der Waals surface area (Å²) in [7, 11) is 1.39. The third kappa shape index (κ3) is 4.01. The number of rotatable bonds is 4. The van der Waals surface area contributed by atoms with Crippen molar-refractivity contribution in [1.29, 1.82) is 0 Å². The maximum absolute atomic E-state index is 13.3. The second-order valence-electron chi connectivity index (χ2n) is 9.48. The minimum Gasteiger partial charge on any atom is -0.465 e.